The van der Waals surface area contributed by atoms with Crippen LogP contribution in [0.1, 0.15) is 22.5 Å². The first kappa shape index (κ1) is 20.5. The Labute approximate surface area is 188 Å². The van der Waals surface area contributed by atoms with E-state index in [-0.39, 0.29) is 12.0 Å². The lowest BCUT2D eigenvalue weighted by Crippen LogP contribution is -2.26. The van der Waals surface area contributed by atoms with Gasteiger partial charge < -0.3 is 24.7 Å². The van der Waals surface area contributed by atoms with E-state index in [0.29, 0.717) is 29.9 Å². The Morgan fingerprint density at radius 2 is 2.16 bits per heavy atom. The van der Waals surface area contributed by atoms with Crippen LogP contribution < -0.4 is 15.4 Å². The van der Waals surface area contributed by atoms with E-state index in [1.165, 1.54) is 11.3 Å². The minimum atomic E-state index is -0.128. The molecular formula is C21H23N7O3S. The number of carbonyl (C=O) groups excluding carboxylic acids is 1. The van der Waals surface area contributed by atoms with Crippen LogP contribution in [0.15, 0.2) is 36.1 Å². The van der Waals surface area contributed by atoms with E-state index in [9.17, 15) is 4.79 Å². The van der Waals surface area contributed by atoms with Crippen molar-refractivity contribution >= 4 is 39.9 Å². The van der Waals surface area contributed by atoms with Gasteiger partial charge in [-0.3, -0.25) is 9.48 Å². The van der Waals surface area contributed by atoms with E-state index in [4.69, 9.17) is 14.5 Å². The van der Waals surface area contributed by atoms with E-state index in [0.717, 1.165) is 35.2 Å². The molecule has 1 aliphatic rings. The number of rotatable bonds is 6. The first-order chi connectivity index (χ1) is 15.6. The van der Waals surface area contributed by atoms with Gasteiger partial charge in [0.2, 0.25) is 11.8 Å². The number of ether oxygens (including phenoxy) is 2. The lowest BCUT2D eigenvalue weighted by molar-refractivity contribution is 0.0243. The first-order valence-corrected chi connectivity index (χ1v) is 11.2. The van der Waals surface area contributed by atoms with Gasteiger partial charge >= 0.3 is 0 Å². The molecule has 0 radical (unpaired) electrons. The molecule has 4 aromatic rings. The molecule has 32 heavy (non-hydrogen) atoms. The lowest BCUT2D eigenvalue weighted by Gasteiger charge is -2.23. The monoisotopic (exact) mass is 453 g/mol. The molecule has 0 bridgehead atoms. The second-order valence-corrected chi connectivity index (χ2v) is 8.39. The molecule has 11 heteroatoms. The number of amides is 1. The molecule has 5 rings (SSSR count). The highest BCUT2D eigenvalue weighted by molar-refractivity contribution is 7.12. The number of nitrogens with one attached hydrogen (secondary N) is 2. The van der Waals surface area contributed by atoms with Crippen molar-refractivity contribution in [2.45, 2.75) is 18.9 Å². The number of fused-ring (bicyclic) bond motifs is 1. The van der Waals surface area contributed by atoms with Gasteiger partial charge in [0.1, 0.15) is 11.6 Å². The third-order valence-electron chi connectivity index (χ3n) is 5.22. The fourth-order valence-corrected chi connectivity index (χ4v) is 4.41. The van der Waals surface area contributed by atoms with Gasteiger partial charge in [0.15, 0.2) is 0 Å². The molecule has 0 spiro atoms. The number of carbonyl (C=O) groups is 1. The summed E-state index contributed by atoms with van der Waals surface area (Å²) in [6.45, 7) is 1.34. The van der Waals surface area contributed by atoms with Crippen molar-refractivity contribution in [3.63, 3.8) is 0 Å². The Kier molecular flexibility index (Phi) is 5.50. The number of aromatic nitrogens is 5. The van der Waals surface area contributed by atoms with Crippen LogP contribution in [-0.2, 0) is 11.8 Å². The molecule has 166 valence electrons. The molecule has 0 atom stereocenters. The quantitative estimate of drug-likeness (QED) is 0.462. The standard InChI is InChI=1S/C21H23N7O3S/c1-22-19(29)17-9-13(12-32-17)24-21-25-16-3-6-28(14-10-23-27(2)11-14)18(16)20(26-21)31-15-4-7-30-8-5-15/h3,6,9-12,15H,4-5,7-8H2,1-2H3,(H,22,29)(H,24,25,26). The van der Waals surface area contributed by atoms with Crippen molar-refractivity contribution in [2.24, 2.45) is 7.05 Å². The van der Waals surface area contributed by atoms with Crippen molar-refractivity contribution in [3.05, 3.63) is 41.0 Å². The zero-order valence-electron chi connectivity index (χ0n) is 17.7. The van der Waals surface area contributed by atoms with Crippen molar-refractivity contribution in [3.8, 4) is 11.6 Å². The molecule has 5 heterocycles. The van der Waals surface area contributed by atoms with Gasteiger partial charge in [-0.1, -0.05) is 0 Å². The van der Waals surface area contributed by atoms with Crippen molar-refractivity contribution in [1.82, 2.24) is 29.6 Å². The molecule has 4 aromatic heterocycles. The number of nitrogens with zero attached hydrogens (tertiary/aromatic N) is 5. The summed E-state index contributed by atoms with van der Waals surface area (Å²) in [6.07, 6.45) is 7.29. The highest BCUT2D eigenvalue weighted by atomic mass is 32.1. The molecule has 0 aliphatic carbocycles. The van der Waals surface area contributed by atoms with Crippen LogP contribution in [0, 0.1) is 0 Å². The summed E-state index contributed by atoms with van der Waals surface area (Å²) in [5, 5.41) is 12.0. The average Bonchev–Trinajstić information content (AvgIpc) is 3.54. The smallest absolute Gasteiger partial charge is 0.261 e. The van der Waals surface area contributed by atoms with E-state index in [1.54, 1.807) is 24.0 Å². The largest absolute Gasteiger partial charge is 0.473 e. The van der Waals surface area contributed by atoms with Gasteiger partial charge in [-0.25, -0.2) is 4.98 Å². The highest BCUT2D eigenvalue weighted by Gasteiger charge is 2.21. The van der Waals surface area contributed by atoms with Crippen LogP contribution >= 0.6 is 11.3 Å². The molecule has 1 fully saturated rings. The fourth-order valence-electron chi connectivity index (χ4n) is 3.62. The topological polar surface area (TPSA) is 108 Å². The van der Waals surface area contributed by atoms with E-state index < -0.39 is 0 Å². The van der Waals surface area contributed by atoms with Gasteiger partial charge in [-0.05, 0) is 12.1 Å². The second kappa shape index (κ2) is 8.60. The normalized spacial score (nSPS) is 14.6. The molecule has 1 saturated heterocycles. The fraction of sp³-hybridized carbons (Fsp3) is 0.333. The first-order valence-electron chi connectivity index (χ1n) is 10.3. The number of thiophene rings is 1. The summed E-state index contributed by atoms with van der Waals surface area (Å²) in [6, 6.07) is 3.70. The zero-order chi connectivity index (χ0) is 22.1. The SMILES string of the molecule is CNC(=O)c1cc(Nc2nc(OC3CCOCC3)c3c(ccn3-c3cnn(C)c3)n2)cs1. The predicted octanol–water partition coefficient (Wildman–Crippen LogP) is 2.88. The summed E-state index contributed by atoms with van der Waals surface area (Å²) in [5.74, 6) is 0.779. The number of aryl methyl sites for hydroxylation is 1. The Morgan fingerprint density at radius 1 is 1.31 bits per heavy atom. The summed E-state index contributed by atoms with van der Waals surface area (Å²) < 4.78 is 15.5. The van der Waals surface area contributed by atoms with Crippen LogP contribution in [-0.4, -0.2) is 56.6 Å². The molecule has 0 aromatic carbocycles. The minimum absolute atomic E-state index is 0.0212. The van der Waals surface area contributed by atoms with E-state index >= 15 is 0 Å². The Morgan fingerprint density at radius 3 is 2.91 bits per heavy atom. The van der Waals surface area contributed by atoms with Crippen molar-refractivity contribution in [1.29, 1.82) is 0 Å². The molecule has 0 unspecified atom stereocenters. The van der Waals surface area contributed by atoms with Gasteiger partial charge in [0, 0.05) is 44.7 Å². The van der Waals surface area contributed by atoms with Crippen LogP contribution in [0.5, 0.6) is 5.88 Å². The highest BCUT2D eigenvalue weighted by Crippen LogP contribution is 2.31. The summed E-state index contributed by atoms with van der Waals surface area (Å²) in [5.41, 5.74) is 3.18. The van der Waals surface area contributed by atoms with Crippen LogP contribution in [0.4, 0.5) is 11.6 Å². The van der Waals surface area contributed by atoms with Crippen LogP contribution in [0.25, 0.3) is 16.7 Å². The van der Waals surface area contributed by atoms with E-state index in [2.05, 4.69) is 20.7 Å². The maximum atomic E-state index is 11.9. The molecule has 0 saturated carbocycles. The average molecular weight is 454 g/mol. The maximum absolute atomic E-state index is 11.9. The Hall–Kier alpha value is -3.44. The third-order valence-corrected chi connectivity index (χ3v) is 6.15. The van der Waals surface area contributed by atoms with Crippen LogP contribution in [0.2, 0.25) is 0 Å². The summed E-state index contributed by atoms with van der Waals surface area (Å²) in [4.78, 5) is 21.9. The molecule has 1 amide bonds. The summed E-state index contributed by atoms with van der Waals surface area (Å²) in [7, 11) is 3.49. The van der Waals surface area contributed by atoms with Crippen molar-refractivity contribution in [2.75, 3.05) is 25.6 Å². The van der Waals surface area contributed by atoms with Gasteiger partial charge in [0.05, 0.1) is 41.2 Å². The zero-order valence-corrected chi connectivity index (χ0v) is 18.6. The molecule has 2 N–H and O–H groups in total. The summed E-state index contributed by atoms with van der Waals surface area (Å²) >= 11 is 1.35. The second-order valence-electron chi connectivity index (χ2n) is 7.48. The van der Waals surface area contributed by atoms with E-state index in [1.807, 2.05) is 35.5 Å². The van der Waals surface area contributed by atoms with Gasteiger partial charge in [0.25, 0.3) is 5.91 Å². The maximum Gasteiger partial charge on any atom is 0.261 e. The van der Waals surface area contributed by atoms with Crippen LogP contribution in [0.3, 0.4) is 0 Å². The number of hydrogen-bond donors (Lipinski definition) is 2. The number of anilines is 2. The van der Waals surface area contributed by atoms with Gasteiger partial charge in [-0.15, -0.1) is 11.3 Å². The number of hydrogen-bond acceptors (Lipinski definition) is 8. The Bertz CT molecular complexity index is 1260. The lowest BCUT2D eigenvalue weighted by atomic mass is 10.1. The van der Waals surface area contributed by atoms with Crippen molar-refractivity contribution < 1.29 is 14.3 Å². The molecule has 10 nitrogen and oxygen atoms in total. The molecule has 1 aliphatic heterocycles. The Balaban J connectivity index is 1.53. The predicted molar refractivity (Wildman–Crippen MR) is 121 cm³/mol. The molecular weight excluding hydrogens is 430 g/mol. The minimum Gasteiger partial charge on any atom is -0.473 e. The van der Waals surface area contributed by atoms with Gasteiger partial charge in [-0.2, -0.15) is 10.1 Å². The third kappa shape index (κ3) is 4.04.